The first-order chi connectivity index (χ1) is 35.1. The number of rotatable bonds is 17. The Kier molecular flexibility index (Phi) is 14.4. The van der Waals surface area contributed by atoms with Gasteiger partial charge in [-0.2, -0.15) is 9.97 Å². The van der Waals surface area contributed by atoms with Gasteiger partial charge in [0.1, 0.15) is 40.9 Å². The lowest BCUT2D eigenvalue weighted by atomic mass is 9.93. The fourth-order valence-electron chi connectivity index (χ4n) is 12.4. The number of fused-ring (bicyclic) bond motifs is 5. The van der Waals surface area contributed by atoms with Gasteiger partial charge in [-0.3, -0.25) is 19.6 Å². The molecule has 2 aromatic carbocycles. The van der Waals surface area contributed by atoms with Crippen LogP contribution >= 0.6 is 0 Å². The summed E-state index contributed by atoms with van der Waals surface area (Å²) in [6.07, 6.45) is 9.82. The van der Waals surface area contributed by atoms with Crippen molar-refractivity contribution in [3.8, 4) is 28.9 Å². The normalized spacial score (nSPS) is 23.2. The van der Waals surface area contributed by atoms with Crippen molar-refractivity contribution in [1.82, 2.24) is 34.8 Å². The molecule has 5 aromatic rings. The van der Waals surface area contributed by atoms with Gasteiger partial charge in [-0.1, -0.05) is 39.0 Å². The zero-order chi connectivity index (χ0) is 51.2. The second-order valence-electron chi connectivity index (χ2n) is 22.3. The van der Waals surface area contributed by atoms with Gasteiger partial charge in [0.05, 0.1) is 29.6 Å². The maximum atomic E-state index is 17.8. The van der Waals surface area contributed by atoms with Crippen molar-refractivity contribution in [2.75, 3.05) is 71.3 Å². The number of halogens is 1. The smallest absolute Gasteiger partial charge is 0.410 e. The number of piperazine rings is 1. The molecule has 0 aliphatic carbocycles. The Balaban J connectivity index is 0.883. The maximum absolute atomic E-state index is 17.8. The molecule has 18 heteroatoms. The minimum absolute atomic E-state index is 0.0352. The fourth-order valence-corrected chi connectivity index (χ4v) is 12.4. The Morgan fingerprint density at radius 3 is 2.47 bits per heavy atom. The maximum Gasteiger partial charge on any atom is 0.410 e. The number of aromatic nitrogens is 4. The molecule has 5 aliphatic heterocycles. The minimum atomic E-state index is -0.938. The number of nitrogens with zero attached hydrogens (tertiary/aromatic N) is 8. The third-order valence-corrected chi connectivity index (χ3v) is 15.9. The molecule has 1 amide bonds. The number of ether oxygens (including phenoxy) is 5. The number of aliphatic carboxylic acids is 1. The summed E-state index contributed by atoms with van der Waals surface area (Å²) in [6.45, 7) is 17.2. The van der Waals surface area contributed by atoms with Crippen LogP contribution in [0.5, 0.6) is 17.6 Å². The Morgan fingerprint density at radius 1 is 0.973 bits per heavy atom. The van der Waals surface area contributed by atoms with Crippen LogP contribution in [-0.2, 0) is 20.7 Å². The molecule has 5 fully saturated rings. The van der Waals surface area contributed by atoms with E-state index < -0.39 is 23.3 Å². The number of aryl methyl sites for hydroxylation is 1. The number of hydrogen-bond acceptors (Lipinski definition) is 15. The number of anilines is 1. The molecule has 0 saturated carbocycles. The van der Waals surface area contributed by atoms with Crippen molar-refractivity contribution in [1.29, 1.82) is 0 Å². The lowest BCUT2D eigenvalue weighted by molar-refractivity contribution is -0.140. The molecule has 1 N–H and O–H groups in total. The number of carbonyl (C=O) groups excluding carboxylic acids is 1. The van der Waals surface area contributed by atoms with Gasteiger partial charge in [-0.05, 0) is 144 Å². The second kappa shape index (κ2) is 20.8. The molecule has 0 radical (unpaired) electrons. The molecule has 10 rings (SSSR count). The molecule has 392 valence electrons. The Bertz CT molecular complexity index is 2800. The van der Waals surface area contributed by atoms with E-state index in [1.807, 2.05) is 63.8 Å². The van der Waals surface area contributed by atoms with Gasteiger partial charge >= 0.3 is 18.1 Å². The summed E-state index contributed by atoms with van der Waals surface area (Å²) in [5.74, 6) is -0.333. The van der Waals surface area contributed by atoms with Gasteiger partial charge in [-0.25, -0.2) is 9.18 Å². The predicted octanol–water partition coefficient (Wildman–Crippen LogP) is 9.10. The van der Waals surface area contributed by atoms with E-state index in [0.717, 1.165) is 100 Å². The van der Waals surface area contributed by atoms with Crippen LogP contribution in [0, 0.1) is 17.7 Å². The Hall–Kier alpha value is -5.85. The molecular formula is C55H71FN8O9. The number of hydrogen-bond donors (Lipinski definition) is 1. The standard InChI is InChI=1S/C55H71FN8O9/c1-8-35-11-9-12-36-23-40(71-32-68-7)24-41(46(35)36)48-47(56)49-42(26-57-48)50(62-28-38-13-14-39(29-62)64(38)53(67)72-54(4,5)6)59-52(58-49)70-31-55-18-10-20-63(55)37(15-19-55)27-61-21-16-34(17-22-61)30-69-44-25-43(73-60-44)45(33(2)3)51(65)66/h9,11-12,23-26,33-34,37-39,45H,8,10,13-22,27-32H2,1-7H3,(H,65,66)/t37-,38?,39?,45?,55-/m0/s1. The van der Waals surface area contributed by atoms with Gasteiger partial charge in [-0.15, -0.1) is 0 Å². The van der Waals surface area contributed by atoms with Crippen molar-refractivity contribution in [2.24, 2.45) is 11.8 Å². The molecular weight excluding hydrogens is 936 g/mol. The highest BCUT2D eigenvalue weighted by atomic mass is 19.1. The molecule has 8 heterocycles. The minimum Gasteiger partial charge on any atom is -0.481 e. The van der Waals surface area contributed by atoms with E-state index in [2.05, 4.69) is 32.8 Å². The van der Waals surface area contributed by atoms with Crippen LogP contribution in [-0.4, -0.2) is 148 Å². The molecule has 2 bridgehead atoms. The van der Waals surface area contributed by atoms with E-state index in [1.54, 1.807) is 19.4 Å². The average Bonchev–Trinajstić information content (AvgIpc) is 4.14. The fraction of sp³-hybridized carbons (Fsp3) is 0.600. The van der Waals surface area contributed by atoms with Gasteiger partial charge in [0, 0.05) is 50.6 Å². The number of likely N-dealkylation sites (tertiary alicyclic amines) is 1. The van der Waals surface area contributed by atoms with Crippen LogP contribution in [0.15, 0.2) is 47.1 Å². The molecule has 5 aliphatic rings. The number of methoxy groups -OCH3 is 1. The van der Waals surface area contributed by atoms with Gasteiger partial charge in [0.15, 0.2) is 18.4 Å². The van der Waals surface area contributed by atoms with Gasteiger partial charge < -0.3 is 43.1 Å². The zero-order valence-corrected chi connectivity index (χ0v) is 43.4. The van der Waals surface area contributed by atoms with Crippen molar-refractivity contribution >= 4 is 39.6 Å². The SMILES string of the molecule is CCc1cccc2cc(OCOC)cc(-c3ncc4c(N5CC6CCC(C5)N6C(=O)OC(C)(C)C)nc(OC[C@@]56CCCN5[C@H](CN5CCC(COc7cc(C(C(=O)O)C(C)C)on7)CC5)CC6)nc4c3F)c12. The molecule has 5 saturated heterocycles. The largest absolute Gasteiger partial charge is 0.481 e. The summed E-state index contributed by atoms with van der Waals surface area (Å²) in [5, 5.41) is 16.0. The van der Waals surface area contributed by atoms with E-state index in [9.17, 15) is 14.7 Å². The number of benzene rings is 2. The van der Waals surface area contributed by atoms with Crippen molar-refractivity contribution < 1.29 is 47.3 Å². The first-order valence-electron chi connectivity index (χ1n) is 26.4. The van der Waals surface area contributed by atoms with E-state index in [-0.39, 0.29) is 53.6 Å². The van der Waals surface area contributed by atoms with Gasteiger partial charge in [0.2, 0.25) is 0 Å². The number of amides is 1. The van der Waals surface area contributed by atoms with Crippen LogP contribution in [0.4, 0.5) is 15.0 Å². The highest BCUT2D eigenvalue weighted by Gasteiger charge is 2.51. The van der Waals surface area contributed by atoms with Crippen LogP contribution in [0.1, 0.15) is 110 Å². The lowest BCUT2D eigenvalue weighted by Crippen LogP contribution is -2.57. The Morgan fingerprint density at radius 2 is 1.75 bits per heavy atom. The molecule has 73 heavy (non-hydrogen) atoms. The summed E-state index contributed by atoms with van der Waals surface area (Å²) in [5.41, 5.74) is 1.12. The van der Waals surface area contributed by atoms with E-state index in [1.165, 1.54) is 0 Å². The molecule has 5 atom stereocenters. The predicted molar refractivity (Wildman–Crippen MR) is 273 cm³/mol. The summed E-state index contributed by atoms with van der Waals surface area (Å²) in [4.78, 5) is 49.5. The summed E-state index contributed by atoms with van der Waals surface area (Å²) < 4.78 is 53.0. The second-order valence-corrected chi connectivity index (χ2v) is 22.3. The number of carbonyl (C=O) groups is 2. The monoisotopic (exact) mass is 1010 g/mol. The van der Waals surface area contributed by atoms with Crippen LogP contribution in [0.25, 0.3) is 32.9 Å². The van der Waals surface area contributed by atoms with Crippen LogP contribution in [0.3, 0.4) is 0 Å². The Labute approximate surface area is 426 Å². The quantitative estimate of drug-likeness (QED) is 0.0872. The number of carboxylic acid groups (broad SMARTS) is 1. The summed E-state index contributed by atoms with van der Waals surface area (Å²) in [7, 11) is 1.56. The first kappa shape index (κ1) is 50.7. The topological polar surface area (TPSA) is 178 Å². The highest BCUT2D eigenvalue weighted by molar-refractivity contribution is 6.01. The van der Waals surface area contributed by atoms with E-state index in [4.69, 9.17) is 43.2 Å². The molecule has 3 unspecified atom stereocenters. The number of pyridine rings is 1. The van der Waals surface area contributed by atoms with E-state index >= 15 is 4.39 Å². The molecule has 3 aromatic heterocycles. The van der Waals surface area contributed by atoms with Crippen molar-refractivity contribution in [3.63, 3.8) is 0 Å². The number of carboxylic acids is 1. The van der Waals surface area contributed by atoms with Crippen LogP contribution in [0.2, 0.25) is 0 Å². The van der Waals surface area contributed by atoms with Crippen molar-refractivity contribution in [2.45, 2.75) is 135 Å². The lowest BCUT2D eigenvalue weighted by Gasteiger charge is -2.42. The average molecular weight is 1010 g/mol. The van der Waals surface area contributed by atoms with Crippen molar-refractivity contribution in [3.05, 3.63) is 59.7 Å². The first-order valence-corrected chi connectivity index (χ1v) is 26.4. The number of piperidine rings is 1. The molecule has 17 nitrogen and oxygen atoms in total. The third kappa shape index (κ3) is 10.4. The highest BCUT2D eigenvalue weighted by Crippen LogP contribution is 2.45. The summed E-state index contributed by atoms with van der Waals surface area (Å²) in [6, 6.07) is 11.7. The van der Waals surface area contributed by atoms with E-state index in [0.29, 0.717) is 72.4 Å². The third-order valence-electron chi connectivity index (χ3n) is 15.9. The van der Waals surface area contributed by atoms with Crippen LogP contribution < -0.4 is 19.1 Å². The van der Waals surface area contributed by atoms with Gasteiger partial charge in [0.25, 0.3) is 5.88 Å². The zero-order valence-electron chi connectivity index (χ0n) is 43.4. The summed E-state index contributed by atoms with van der Waals surface area (Å²) >= 11 is 0. The molecule has 0 spiro atoms.